The number of nitrogens with zero attached hydrogens (tertiary/aromatic N) is 2. The second-order valence-electron chi connectivity index (χ2n) is 11.9. The van der Waals surface area contributed by atoms with Crippen molar-refractivity contribution in [1.82, 2.24) is 10.3 Å². The third-order valence-corrected chi connectivity index (χ3v) is 14.1. The zero-order chi connectivity index (χ0) is 26.5. The first-order valence-electron chi connectivity index (χ1n) is 13.0. The van der Waals surface area contributed by atoms with Crippen molar-refractivity contribution in [3.63, 3.8) is 0 Å². The van der Waals surface area contributed by atoms with Crippen LogP contribution >= 0.6 is 22.9 Å². The van der Waals surface area contributed by atoms with E-state index in [1.54, 1.807) is 11.3 Å². The van der Waals surface area contributed by atoms with Gasteiger partial charge in [-0.05, 0) is 73.6 Å². The molecule has 1 aromatic carbocycles. The smallest absolute Gasteiger partial charge is 0.404 e. The number of amides is 1. The maximum Gasteiger partial charge on any atom is 0.404 e. The molecule has 3 aromatic rings. The standard InChI is InChI=1S/C28H36ClN3O3SSi/c1-28(2,3)37(4,5)35-16-21-15-24-26(36-21)22(8-9-30-24)23-12-18(29)11-17-7-6-10-32(25(17)23)20-13-19(14-20)31-27(33)34/h8-9,11-12,15,19-20,31H,6-7,10,13-14,16H2,1-5H3,(H,33,34). The molecule has 2 aromatic heterocycles. The number of aryl methyl sites for hydroxylation is 1. The third-order valence-electron chi connectivity index (χ3n) is 8.30. The quantitative estimate of drug-likeness (QED) is 0.304. The Morgan fingerprint density at radius 2 is 2.03 bits per heavy atom. The van der Waals surface area contributed by atoms with E-state index in [9.17, 15) is 4.79 Å². The summed E-state index contributed by atoms with van der Waals surface area (Å²) >= 11 is 8.43. The topological polar surface area (TPSA) is 74.7 Å². The Morgan fingerprint density at radius 3 is 2.73 bits per heavy atom. The number of carbonyl (C=O) groups is 1. The average molecular weight is 558 g/mol. The fourth-order valence-corrected chi connectivity index (χ4v) is 7.53. The van der Waals surface area contributed by atoms with Crippen LogP contribution in [0.2, 0.25) is 23.2 Å². The molecule has 1 amide bonds. The van der Waals surface area contributed by atoms with Gasteiger partial charge in [-0.25, -0.2) is 4.79 Å². The van der Waals surface area contributed by atoms with E-state index in [2.05, 4.69) is 68.3 Å². The number of nitrogens with one attached hydrogen (secondary N) is 1. The molecule has 37 heavy (non-hydrogen) atoms. The van der Waals surface area contributed by atoms with Gasteiger partial charge in [-0.3, -0.25) is 4.98 Å². The number of aromatic nitrogens is 1. The zero-order valence-corrected chi connectivity index (χ0v) is 24.8. The number of pyridine rings is 1. The molecule has 1 fully saturated rings. The van der Waals surface area contributed by atoms with Crippen molar-refractivity contribution in [2.24, 2.45) is 0 Å². The van der Waals surface area contributed by atoms with Crippen LogP contribution in [-0.2, 0) is 17.5 Å². The Balaban J connectivity index is 1.50. The monoisotopic (exact) mass is 557 g/mol. The lowest BCUT2D eigenvalue weighted by atomic mass is 9.82. The van der Waals surface area contributed by atoms with Crippen LogP contribution in [0.25, 0.3) is 21.3 Å². The SMILES string of the molecule is CC(C)(C)[Si](C)(C)OCc1cc2nccc(-c3cc(Cl)cc4c3N(C3CC(NC(=O)O)C3)CCC4)c2s1. The Labute approximate surface area is 229 Å². The number of hydrogen-bond acceptors (Lipinski definition) is 5. The molecule has 0 saturated heterocycles. The van der Waals surface area contributed by atoms with Crippen LogP contribution in [0.15, 0.2) is 30.5 Å². The highest BCUT2D eigenvalue weighted by Crippen LogP contribution is 2.46. The molecule has 0 atom stereocenters. The summed E-state index contributed by atoms with van der Waals surface area (Å²) in [6.45, 7) is 12.9. The van der Waals surface area contributed by atoms with Crippen molar-refractivity contribution in [2.75, 3.05) is 11.4 Å². The molecular formula is C28H36ClN3O3SSi. The van der Waals surface area contributed by atoms with E-state index in [1.807, 2.05) is 6.20 Å². The molecule has 0 unspecified atom stereocenters. The number of fused-ring (bicyclic) bond motifs is 2. The van der Waals surface area contributed by atoms with Crippen LogP contribution < -0.4 is 10.2 Å². The van der Waals surface area contributed by atoms with Crippen LogP contribution in [-0.4, -0.2) is 43.1 Å². The van der Waals surface area contributed by atoms with Crippen molar-refractivity contribution in [3.05, 3.63) is 45.9 Å². The first kappa shape index (κ1) is 26.5. The van der Waals surface area contributed by atoms with E-state index >= 15 is 0 Å². The van der Waals surface area contributed by atoms with Gasteiger partial charge in [-0.1, -0.05) is 32.4 Å². The largest absolute Gasteiger partial charge is 0.465 e. The normalized spacial score (nSPS) is 20.0. The van der Waals surface area contributed by atoms with Crippen molar-refractivity contribution in [3.8, 4) is 11.1 Å². The highest BCUT2D eigenvalue weighted by Gasteiger charge is 2.38. The summed E-state index contributed by atoms with van der Waals surface area (Å²) < 4.78 is 7.68. The molecule has 0 spiro atoms. The fourth-order valence-electron chi connectivity index (χ4n) is 5.18. The van der Waals surface area contributed by atoms with Gasteiger partial charge in [0, 0.05) is 51.5 Å². The molecule has 198 valence electrons. The summed E-state index contributed by atoms with van der Waals surface area (Å²) in [6.07, 6.45) is 4.66. The number of anilines is 1. The minimum absolute atomic E-state index is 0.0250. The Bertz CT molecular complexity index is 1330. The number of halogens is 1. The Hall–Kier alpha value is -2.13. The van der Waals surface area contributed by atoms with E-state index in [4.69, 9.17) is 26.1 Å². The van der Waals surface area contributed by atoms with Crippen LogP contribution in [0, 0.1) is 0 Å². The minimum Gasteiger partial charge on any atom is -0.465 e. The molecule has 2 aliphatic rings. The molecule has 1 saturated carbocycles. The van der Waals surface area contributed by atoms with Gasteiger partial charge < -0.3 is 19.7 Å². The van der Waals surface area contributed by atoms with Crippen molar-refractivity contribution in [1.29, 1.82) is 0 Å². The summed E-state index contributed by atoms with van der Waals surface area (Å²) in [5.41, 5.74) is 5.80. The number of rotatable bonds is 6. The first-order valence-corrected chi connectivity index (χ1v) is 17.1. The second kappa shape index (κ2) is 9.87. The van der Waals surface area contributed by atoms with Crippen LogP contribution in [0.4, 0.5) is 10.5 Å². The summed E-state index contributed by atoms with van der Waals surface area (Å²) in [4.78, 5) is 19.5. The third kappa shape index (κ3) is 5.26. The summed E-state index contributed by atoms with van der Waals surface area (Å²) in [5.74, 6) is 0. The van der Waals surface area contributed by atoms with E-state index < -0.39 is 14.4 Å². The predicted octanol–water partition coefficient (Wildman–Crippen LogP) is 7.69. The van der Waals surface area contributed by atoms with Gasteiger partial charge in [-0.2, -0.15) is 0 Å². The van der Waals surface area contributed by atoms with E-state index in [0.717, 1.165) is 58.6 Å². The van der Waals surface area contributed by atoms with Crippen molar-refractivity contribution in [2.45, 2.75) is 83.3 Å². The van der Waals surface area contributed by atoms with Crippen LogP contribution in [0.3, 0.4) is 0 Å². The molecule has 0 radical (unpaired) electrons. The molecule has 3 heterocycles. The summed E-state index contributed by atoms with van der Waals surface area (Å²) in [5, 5.41) is 12.7. The lowest BCUT2D eigenvalue weighted by molar-refractivity contribution is 0.176. The van der Waals surface area contributed by atoms with Crippen LogP contribution in [0.5, 0.6) is 0 Å². The number of thiophene rings is 1. The second-order valence-corrected chi connectivity index (χ2v) is 18.2. The van der Waals surface area contributed by atoms with Gasteiger partial charge in [0.1, 0.15) is 0 Å². The summed E-state index contributed by atoms with van der Waals surface area (Å²) in [6, 6.07) is 8.81. The van der Waals surface area contributed by atoms with E-state index in [1.165, 1.54) is 16.1 Å². The highest BCUT2D eigenvalue weighted by molar-refractivity contribution is 7.19. The molecule has 5 rings (SSSR count). The van der Waals surface area contributed by atoms with E-state index in [-0.39, 0.29) is 11.1 Å². The maximum atomic E-state index is 11.1. The molecule has 9 heteroatoms. The molecule has 0 bridgehead atoms. The Kier molecular flexibility index (Phi) is 7.07. The lowest BCUT2D eigenvalue weighted by Gasteiger charge is -2.47. The fraction of sp³-hybridized carbons (Fsp3) is 0.500. The average Bonchev–Trinajstić information content (AvgIpc) is 3.21. The van der Waals surface area contributed by atoms with E-state index in [0.29, 0.717) is 12.6 Å². The Morgan fingerprint density at radius 1 is 1.27 bits per heavy atom. The number of benzene rings is 1. The number of hydrogen-bond donors (Lipinski definition) is 2. The molecule has 1 aliphatic heterocycles. The van der Waals surface area contributed by atoms with Crippen molar-refractivity contribution < 1.29 is 14.3 Å². The van der Waals surface area contributed by atoms with Gasteiger partial charge in [0.05, 0.1) is 16.8 Å². The lowest BCUT2D eigenvalue weighted by Crippen LogP contribution is -2.55. The molecule has 1 aliphatic carbocycles. The summed E-state index contributed by atoms with van der Waals surface area (Å²) in [7, 11) is -1.86. The van der Waals surface area contributed by atoms with Gasteiger partial charge in [-0.15, -0.1) is 11.3 Å². The molecule has 2 N–H and O–H groups in total. The number of carboxylic acid groups (broad SMARTS) is 1. The van der Waals surface area contributed by atoms with Gasteiger partial charge >= 0.3 is 6.09 Å². The van der Waals surface area contributed by atoms with Crippen molar-refractivity contribution >= 4 is 53.3 Å². The minimum atomic E-state index is -1.86. The maximum absolute atomic E-state index is 11.1. The molecule has 6 nitrogen and oxygen atoms in total. The van der Waals surface area contributed by atoms with Gasteiger partial charge in [0.15, 0.2) is 8.32 Å². The highest BCUT2D eigenvalue weighted by atomic mass is 35.5. The predicted molar refractivity (Wildman–Crippen MR) is 156 cm³/mol. The van der Waals surface area contributed by atoms with Gasteiger partial charge in [0.25, 0.3) is 0 Å². The molecular weight excluding hydrogens is 522 g/mol. The first-order chi connectivity index (χ1) is 17.4. The van der Waals surface area contributed by atoms with Gasteiger partial charge in [0.2, 0.25) is 0 Å². The van der Waals surface area contributed by atoms with Crippen LogP contribution in [0.1, 0.15) is 50.5 Å². The zero-order valence-electron chi connectivity index (χ0n) is 22.2.